The van der Waals surface area contributed by atoms with E-state index in [9.17, 15) is 5.11 Å². The quantitative estimate of drug-likeness (QED) is 0.240. The van der Waals surface area contributed by atoms with Crippen molar-refractivity contribution in [3.05, 3.63) is 66.4 Å². The molecule has 0 spiro atoms. The van der Waals surface area contributed by atoms with Gasteiger partial charge in [-0.25, -0.2) is 9.26 Å². The minimum Gasteiger partial charge on any atom is -0.610 e. The molecular weight excluding hydrogens is 334 g/mol. The van der Waals surface area contributed by atoms with E-state index in [0.29, 0.717) is 6.61 Å². The Morgan fingerprint density at radius 2 is 2.12 bits per heavy atom. The van der Waals surface area contributed by atoms with Crippen LogP contribution in [0.4, 0.5) is 0 Å². The summed E-state index contributed by atoms with van der Waals surface area (Å²) in [7, 11) is 1.80. The molecule has 0 aliphatic carbocycles. The van der Waals surface area contributed by atoms with E-state index >= 15 is 0 Å². The van der Waals surface area contributed by atoms with Gasteiger partial charge in [-0.05, 0) is 25.7 Å². The number of aromatic nitrogens is 2. The van der Waals surface area contributed by atoms with Crippen molar-refractivity contribution >= 4 is 18.0 Å². The Hall–Kier alpha value is -2.47. The molecule has 2 aromatic rings. The lowest BCUT2D eigenvalue weighted by molar-refractivity contribution is -0.445. The van der Waals surface area contributed by atoms with Gasteiger partial charge in [0.25, 0.3) is 0 Å². The Kier molecular flexibility index (Phi) is 6.89. The molecule has 0 aliphatic heterocycles. The van der Waals surface area contributed by atoms with E-state index in [1.807, 2.05) is 54.2 Å². The molecule has 0 saturated heterocycles. The molecule has 0 atom stereocenters. The fourth-order valence-electron chi connectivity index (χ4n) is 2.27. The molecule has 0 N–H and O–H groups in total. The van der Waals surface area contributed by atoms with Gasteiger partial charge in [-0.3, -0.25) is 0 Å². The summed E-state index contributed by atoms with van der Waals surface area (Å²) in [5.41, 5.74) is 2.85. The third-order valence-electron chi connectivity index (χ3n) is 3.33. The smallest absolute Gasteiger partial charge is 0.190 e. The fraction of sp³-hybridized carbons (Fsp3) is 0.263. The van der Waals surface area contributed by atoms with E-state index in [2.05, 4.69) is 11.7 Å². The zero-order chi connectivity index (χ0) is 18.2. The number of nitrogens with zero attached hydrogens (tertiary/aromatic N) is 3. The minimum atomic E-state index is -0.366. The second-order valence-corrected chi connectivity index (χ2v) is 6.34. The maximum atomic E-state index is 11.6. The first-order valence-electron chi connectivity index (χ1n) is 8.04. The number of hydrogen-bond donors (Lipinski definition) is 0. The van der Waals surface area contributed by atoms with Crippen molar-refractivity contribution in [3.8, 4) is 5.69 Å². The van der Waals surface area contributed by atoms with E-state index in [0.717, 1.165) is 27.7 Å². The molecule has 0 unspecified atom stereocenters. The van der Waals surface area contributed by atoms with Gasteiger partial charge in [-0.2, -0.15) is 5.10 Å². The van der Waals surface area contributed by atoms with Gasteiger partial charge in [-0.15, -0.1) is 18.3 Å². The van der Waals surface area contributed by atoms with Crippen LogP contribution in [0.1, 0.15) is 18.2 Å². The van der Waals surface area contributed by atoms with Crippen LogP contribution >= 0.6 is 11.8 Å². The molecule has 1 aromatic heterocycles. The summed E-state index contributed by atoms with van der Waals surface area (Å²) in [6, 6.07) is 9.98. The first kappa shape index (κ1) is 18.9. The third kappa shape index (κ3) is 5.00. The highest BCUT2D eigenvalue weighted by Crippen LogP contribution is 2.27. The van der Waals surface area contributed by atoms with Gasteiger partial charge in [-0.1, -0.05) is 31.2 Å². The van der Waals surface area contributed by atoms with Crippen LogP contribution in [-0.2, 0) is 4.74 Å². The van der Waals surface area contributed by atoms with Crippen LogP contribution in [0, 0.1) is 6.92 Å². The SMILES string of the molecule is C=CCSc1c(C=[N+](C)/C=C(/[O-])OCC)c(C)nn1-c1ccccc1. The molecule has 0 radical (unpaired) electrons. The van der Waals surface area contributed by atoms with E-state index in [-0.39, 0.29) is 5.95 Å². The molecule has 132 valence electrons. The number of ether oxygens (including phenoxy) is 1. The number of hydrogen-bond acceptors (Lipinski definition) is 4. The second-order valence-electron chi connectivity index (χ2n) is 5.33. The van der Waals surface area contributed by atoms with E-state index in [1.54, 1.807) is 30.3 Å². The van der Waals surface area contributed by atoms with Gasteiger partial charge in [0.1, 0.15) is 18.0 Å². The Morgan fingerprint density at radius 3 is 2.76 bits per heavy atom. The summed E-state index contributed by atoms with van der Waals surface area (Å²) < 4.78 is 8.58. The summed E-state index contributed by atoms with van der Waals surface area (Å²) in [6.07, 6.45) is 5.18. The number of benzene rings is 1. The van der Waals surface area contributed by atoms with Crippen LogP contribution in [0.3, 0.4) is 0 Å². The van der Waals surface area contributed by atoms with Gasteiger partial charge < -0.3 is 9.84 Å². The van der Waals surface area contributed by atoms with Gasteiger partial charge in [0.15, 0.2) is 12.4 Å². The van der Waals surface area contributed by atoms with Crippen LogP contribution in [0.2, 0.25) is 0 Å². The van der Waals surface area contributed by atoms with Gasteiger partial charge >= 0.3 is 0 Å². The largest absolute Gasteiger partial charge is 0.610 e. The van der Waals surface area contributed by atoms with Crippen molar-refractivity contribution in [2.75, 3.05) is 19.4 Å². The number of aryl methyl sites for hydroxylation is 1. The summed E-state index contributed by atoms with van der Waals surface area (Å²) in [5, 5.41) is 17.3. The van der Waals surface area contributed by atoms with Crippen molar-refractivity contribution in [2.24, 2.45) is 0 Å². The average Bonchev–Trinajstić information content (AvgIpc) is 2.90. The Morgan fingerprint density at radius 1 is 1.40 bits per heavy atom. The summed E-state index contributed by atoms with van der Waals surface area (Å²) >= 11 is 1.65. The van der Waals surface area contributed by atoms with E-state index in [1.165, 1.54) is 6.20 Å². The molecule has 6 heteroatoms. The fourth-order valence-corrected chi connectivity index (χ4v) is 3.17. The summed E-state index contributed by atoms with van der Waals surface area (Å²) in [5.74, 6) is 0.402. The van der Waals surface area contributed by atoms with Crippen LogP contribution in [0.15, 0.2) is 60.2 Å². The van der Waals surface area contributed by atoms with E-state index < -0.39 is 0 Å². The molecule has 2 rings (SSSR count). The van der Waals surface area contributed by atoms with Crippen molar-refractivity contribution in [2.45, 2.75) is 18.9 Å². The zero-order valence-electron chi connectivity index (χ0n) is 14.8. The third-order valence-corrected chi connectivity index (χ3v) is 4.40. The predicted octanol–water partition coefficient (Wildman–Crippen LogP) is 2.72. The maximum absolute atomic E-state index is 11.6. The summed E-state index contributed by atoms with van der Waals surface area (Å²) in [4.78, 5) is 0. The lowest BCUT2D eigenvalue weighted by atomic mass is 10.3. The van der Waals surface area contributed by atoms with Crippen LogP contribution in [-0.4, -0.2) is 40.0 Å². The number of thioether (sulfide) groups is 1. The Balaban J connectivity index is 2.48. The molecule has 1 heterocycles. The predicted molar refractivity (Wildman–Crippen MR) is 100 cm³/mol. The first-order valence-corrected chi connectivity index (χ1v) is 9.02. The molecule has 0 bridgehead atoms. The Bertz CT molecular complexity index is 779. The monoisotopic (exact) mass is 357 g/mol. The standard InChI is InChI=1S/C19H23N3O2S/c1-5-12-25-19-17(13-21(4)14-18(23)24-6-2)15(3)20-22(19)16-10-8-7-9-11-16/h5,7-11,13-14H,1,6,12H2,2-4H3/b18-14-. The molecule has 25 heavy (non-hydrogen) atoms. The number of para-hydroxylation sites is 1. The summed E-state index contributed by atoms with van der Waals surface area (Å²) in [6.45, 7) is 7.90. The first-order chi connectivity index (χ1) is 12.1. The highest BCUT2D eigenvalue weighted by molar-refractivity contribution is 7.99. The maximum Gasteiger partial charge on any atom is 0.190 e. The topological polar surface area (TPSA) is 53.1 Å². The van der Waals surface area contributed by atoms with Crippen LogP contribution in [0.25, 0.3) is 5.69 Å². The molecule has 1 aromatic carbocycles. The molecule has 0 aliphatic rings. The lowest BCUT2D eigenvalue weighted by Gasteiger charge is -2.09. The average molecular weight is 357 g/mol. The van der Waals surface area contributed by atoms with Crippen molar-refractivity contribution in [3.63, 3.8) is 0 Å². The van der Waals surface area contributed by atoms with Gasteiger partial charge in [0.2, 0.25) is 0 Å². The molecule has 0 saturated carbocycles. The second kappa shape index (κ2) is 9.13. The van der Waals surface area contributed by atoms with Gasteiger partial charge in [0.05, 0.1) is 16.9 Å². The normalized spacial score (nSPS) is 12.3. The minimum absolute atomic E-state index is 0.356. The molecule has 0 fully saturated rings. The van der Waals surface area contributed by atoms with E-state index in [4.69, 9.17) is 4.74 Å². The lowest BCUT2D eigenvalue weighted by Crippen LogP contribution is -2.12. The number of rotatable bonds is 8. The Labute approximate surface area is 153 Å². The van der Waals surface area contributed by atoms with Crippen molar-refractivity contribution in [1.29, 1.82) is 0 Å². The van der Waals surface area contributed by atoms with Crippen molar-refractivity contribution in [1.82, 2.24) is 9.78 Å². The van der Waals surface area contributed by atoms with Crippen LogP contribution < -0.4 is 5.11 Å². The zero-order valence-corrected chi connectivity index (χ0v) is 15.6. The molecule has 0 amide bonds. The van der Waals surface area contributed by atoms with Gasteiger partial charge in [0, 0.05) is 5.75 Å². The van der Waals surface area contributed by atoms with Crippen LogP contribution in [0.5, 0.6) is 0 Å². The highest BCUT2D eigenvalue weighted by Gasteiger charge is 2.17. The highest BCUT2D eigenvalue weighted by atomic mass is 32.2. The molecular formula is C19H23N3O2S. The van der Waals surface area contributed by atoms with Crippen molar-refractivity contribution < 1.29 is 14.4 Å². The molecule has 5 nitrogen and oxygen atoms in total.